The van der Waals surface area contributed by atoms with Gasteiger partial charge in [0.05, 0.1) is 0 Å². The first-order chi connectivity index (χ1) is 8.18. The Balaban J connectivity index is 1.77. The number of amides is 2. The van der Waals surface area contributed by atoms with Gasteiger partial charge in [-0.05, 0) is 38.5 Å². The minimum absolute atomic E-state index is 0.140. The third-order valence-electron chi connectivity index (χ3n) is 4.61. The van der Waals surface area contributed by atoms with Crippen molar-refractivity contribution in [3.05, 3.63) is 0 Å². The highest BCUT2D eigenvalue weighted by atomic mass is 16.2. The summed E-state index contributed by atoms with van der Waals surface area (Å²) in [5, 5.41) is 0. The van der Waals surface area contributed by atoms with E-state index in [0.29, 0.717) is 5.92 Å². The lowest BCUT2D eigenvalue weighted by molar-refractivity contribution is -0.159. The Morgan fingerprint density at radius 3 is 2.53 bits per heavy atom. The number of carbonyl (C=O) groups excluding carboxylic acids is 2. The fraction of sp³-hybridized carbons (Fsp3) is 0.846. The van der Waals surface area contributed by atoms with Crippen LogP contribution < -0.4 is 0 Å². The number of rotatable bonds is 2. The normalized spacial score (nSPS) is 33.9. The zero-order valence-electron chi connectivity index (χ0n) is 10.4. The van der Waals surface area contributed by atoms with Gasteiger partial charge in [0.1, 0.15) is 12.1 Å². The molecule has 3 fully saturated rings. The van der Waals surface area contributed by atoms with Crippen LogP contribution in [0.3, 0.4) is 0 Å². The van der Waals surface area contributed by atoms with Gasteiger partial charge in [0, 0.05) is 13.1 Å². The first kappa shape index (κ1) is 11.1. The Hall–Kier alpha value is -1.06. The van der Waals surface area contributed by atoms with E-state index in [0.717, 1.165) is 25.9 Å². The van der Waals surface area contributed by atoms with Gasteiger partial charge in [0.15, 0.2) is 0 Å². The van der Waals surface area contributed by atoms with Crippen LogP contribution in [-0.2, 0) is 9.59 Å². The number of fused-ring (bicyclic) bond motifs is 1. The van der Waals surface area contributed by atoms with Crippen LogP contribution in [-0.4, -0.2) is 46.8 Å². The first-order valence-corrected chi connectivity index (χ1v) is 6.79. The van der Waals surface area contributed by atoms with Crippen molar-refractivity contribution in [3.8, 4) is 0 Å². The van der Waals surface area contributed by atoms with Gasteiger partial charge >= 0.3 is 0 Å². The van der Waals surface area contributed by atoms with Crippen LogP contribution in [0.2, 0.25) is 0 Å². The minimum atomic E-state index is -0.238. The van der Waals surface area contributed by atoms with Crippen molar-refractivity contribution in [1.82, 2.24) is 9.80 Å². The van der Waals surface area contributed by atoms with E-state index >= 15 is 0 Å². The second kappa shape index (κ2) is 4.00. The predicted molar refractivity (Wildman–Crippen MR) is 63.3 cm³/mol. The van der Waals surface area contributed by atoms with Crippen LogP contribution in [0.4, 0.5) is 0 Å². The third kappa shape index (κ3) is 1.65. The second-order valence-electron chi connectivity index (χ2n) is 5.65. The van der Waals surface area contributed by atoms with Crippen LogP contribution in [0.15, 0.2) is 0 Å². The van der Waals surface area contributed by atoms with Crippen LogP contribution in [0.1, 0.15) is 39.0 Å². The van der Waals surface area contributed by atoms with Crippen molar-refractivity contribution in [3.63, 3.8) is 0 Å². The van der Waals surface area contributed by atoms with Gasteiger partial charge in [-0.2, -0.15) is 0 Å². The summed E-state index contributed by atoms with van der Waals surface area (Å²) in [6.07, 6.45) is 5.56. The fourth-order valence-electron chi connectivity index (χ4n) is 3.24. The molecule has 0 spiro atoms. The average Bonchev–Trinajstić information content (AvgIpc) is 2.73. The van der Waals surface area contributed by atoms with Gasteiger partial charge < -0.3 is 9.80 Å². The van der Waals surface area contributed by atoms with Gasteiger partial charge in [-0.15, -0.1) is 0 Å². The molecule has 0 aromatic carbocycles. The maximum atomic E-state index is 12.4. The number of hydrogen-bond donors (Lipinski definition) is 0. The maximum absolute atomic E-state index is 12.4. The molecule has 3 aliphatic rings. The summed E-state index contributed by atoms with van der Waals surface area (Å²) >= 11 is 0. The van der Waals surface area contributed by atoms with Crippen molar-refractivity contribution in [1.29, 1.82) is 0 Å². The van der Waals surface area contributed by atoms with Gasteiger partial charge in [0.2, 0.25) is 11.8 Å². The van der Waals surface area contributed by atoms with E-state index in [-0.39, 0.29) is 23.9 Å². The lowest BCUT2D eigenvalue weighted by atomic mass is 9.84. The van der Waals surface area contributed by atoms with Crippen LogP contribution in [0, 0.1) is 5.92 Å². The summed E-state index contributed by atoms with van der Waals surface area (Å²) in [7, 11) is 0. The lowest BCUT2D eigenvalue weighted by Crippen LogP contribution is -2.62. The summed E-state index contributed by atoms with van der Waals surface area (Å²) < 4.78 is 0. The van der Waals surface area contributed by atoms with Crippen LogP contribution in [0.5, 0.6) is 0 Å². The largest absolute Gasteiger partial charge is 0.329 e. The summed E-state index contributed by atoms with van der Waals surface area (Å²) in [4.78, 5) is 28.2. The Morgan fingerprint density at radius 2 is 1.88 bits per heavy atom. The molecule has 2 saturated heterocycles. The zero-order valence-corrected chi connectivity index (χ0v) is 10.4. The van der Waals surface area contributed by atoms with E-state index < -0.39 is 0 Å². The Kier molecular flexibility index (Phi) is 2.60. The number of hydrogen-bond acceptors (Lipinski definition) is 2. The topological polar surface area (TPSA) is 40.6 Å². The summed E-state index contributed by atoms with van der Waals surface area (Å²) in [5.41, 5.74) is 0. The maximum Gasteiger partial charge on any atom is 0.246 e. The molecule has 4 heteroatoms. The Labute approximate surface area is 102 Å². The molecule has 2 amide bonds. The molecule has 4 nitrogen and oxygen atoms in total. The Morgan fingerprint density at radius 1 is 1.12 bits per heavy atom. The van der Waals surface area contributed by atoms with Crippen molar-refractivity contribution in [2.24, 2.45) is 5.92 Å². The molecular weight excluding hydrogens is 216 g/mol. The summed E-state index contributed by atoms with van der Waals surface area (Å²) in [6, 6.07) is -0.378. The molecule has 17 heavy (non-hydrogen) atoms. The van der Waals surface area contributed by atoms with Crippen molar-refractivity contribution in [2.45, 2.75) is 51.1 Å². The zero-order chi connectivity index (χ0) is 12.0. The molecule has 0 aromatic rings. The van der Waals surface area contributed by atoms with Crippen LogP contribution >= 0.6 is 0 Å². The van der Waals surface area contributed by atoms with Crippen molar-refractivity contribution >= 4 is 11.8 Å². The average molecular weight is 236 g/mol. The number of carbonyl (C=O) groups is 2. The quantitative estimate of drug-likeness (QED) is 0.718. The first-order valence-electron chi connectivity index (χ1n) is 6.79. The molecule has 0 bridgehead atoms. The SMILES string of the molecule is CC1C(=O)N2CCCC2C(=O)N1CC1CCC1. The lowest BCUT2D eigenvalue weighted by Gasteiger charge is -2.43. The monoisotopic (exact) mass is 236 g/mol. The smallest absolute Gasteiger partial charge is 0.246 e. The molecule has 0 N–H and O–H groups in total. The van der Waals surface area contributed by atoms with Crippen molar-refractivity contribution in [2.75, 3.05) is 13.1 Å². The van der Waals surface area contributed by atoms with E-state index in [2.05, 4.69) is 0 Å². The molecule has 1 saturated carbocycles. The van der Waals surface area contributed by atoms with E-state index in [1.54, 1.807) is 4.90 Å². The molecule has 0 aromatic heterocycles. The van der Waals surface area contributed by atoms with E-state index in [4.69, 9.17) is 0 Å². The van der Waals surface area contributed by atoms with Crippen LogP contribution in [0.25, 0.3) is 0 Å². The van der Waals surface area contributed by atoms with E-state index in [1.165, 1.54) is 19.3 Å². The molecule has 1 aliphatic carbocycles. The molecule has 94 valence electrons. The van der Waals surface area contributed by atoms with E-state index in [1.807, 2.05) is 11.8 Å². The molecule has 2 aliphatic heterocycles. The Bertz CT molecular complexity index is 351. The predicted octanol–water partition coefficient (Wildman–Crippen LogP) is 1.01. The summed E-state index contributed by atoms with van der Waals surface area (Å²) in [5.74, 6) is 0.995. The number of piperazine rings is 1. The molecule has 3 rings (SSSR count). The molecular formula is C13H20N2O2. The highest BCUT2D eigenvalue weighted by molar-refractivity contribution is 5.97. The van der Waals surface area contributed by atoms with Gasteiger partial charge in [-0.25, -0.2) is 0 Å². The van der Waals surface area contributed by atoms with Crippen molar-refractivity contribution < 1.29 is 9.59 Å². The molecule has 2 atom stereocenters. The van der Waals surface area contributed by atoms with Gasteiger partial charge in [-0.1, -0.05) is 6.42 Å². The minimum Gasteiger partial charge on any atom is -0.329 e. The summed E-state index contributed by atoms with van der Waals surface area (Å²) in [6.45, 7) is 3.46. The number of nitrogens with zero attached hydrogens (tertiary/aromatic N) is 2. The molecule has 2 unspecified atom stereocenters. The van der Waals surface area contributed by atoms with Gasteiger partial charge in [0.25, 0.3) is 0 Å². The highest BCUT2D eigenvalue weighted by Gasteiger charge is 2.46. The van der Waals surface area contributed by atoms with Gasteiger partial charge in [-0.3, -0.25) is 9.59 Å². The molecule has 0 radical (unpaired) electrons. The second-order valence-corrected chi connectivity index (χ2v) is 5.65. The fourth-order valence-corrected chi connectivity index (χ4v) is 3.24. The van der Waals surface area contributed by atoms with E-state index in [9.17, 15) is 9.59 Å². The third-order valence-corrected chi connectivity index (χ3v) is 4.61. The molecule has 2 heterocycles. The standard InChI is InChI=1S/C13H20N2O2/c1-9-12(16)14-7-3-6-11(14)13(17)15(9)8-10-4-2-5-10/h9-11H,2-8H2,1H3. The highest BCUT2D eigenvalue weighted by Crippen LogP contribution is 2.32.